The summed E-state index contributed by atoms with van der Waals surface area (Å²) in [5.74, 6) is -0.0922. The second kappa shape index (κ2) is 7.36. The molecular weight excluding hydrogens is 256 g/mol. The Bertz CT molecular complexity index is 450. The molecule has 5 heteroatoms. The molecule has 3 N–H and O–H groups in total. The Morgan fingerprint density at radius 3 is 2.75 bits per heavy atom. The molecule has 1 aromatic rings. The van der Waals surface area contributed by atoms with Gasteiger partial charge in [0, 0.05) is 13.2 Å². The molecule has 1 aliphatic carbocycles. The van der Waals surface area contributed by atoms with Gasteiger partial charge in [-0.15, -0.1) is 0 Å². The largest absolute Gasteiger partial charge is 0.477 e. The van der Waals surface area contributed by atoms with Crippen LogP contribution >= 0.6 is 0 Å². The zero-order chi connectivity index (χ0) is 14.4. The number of hydrogen-bond donors (Lipinski definition) is 3. The van der Waals surface area contributed by atoms with Crippen molar-refractivity contribution in [1.29, 1.82) is 0 Å². The van der Waals surface area contributed by atoms with E-state index >= 15 is 0 Å². The molecule has 2 unspecified atom stereocenters. The van der Waals surface area contributed by atoms with Gasteiger partial charge in [-0.3, -0.25) is 0 Å². The maximum Gasteiger partial charge on any atom is 0.354 e. The van der Waals surface area contributed by atoms with Crippen LogP contribution in [-0.2, 0) is 6.54 Å². The monoisotopic (exact) mass is 278 g/mol. The van der Waals surface area contributed by atoms with E-state index < -0.39 is 5.97 Å². The molecule has 0 radical (unpaired) electrons. The van der Waals surface area contributed by atoms with Crippen molar-refractivity contribution in [2.45, 2.75) is 32.2 Å². The summed E-state index contributed by atoms with van der Waals surface area (Å²) in [5.41, 5.74) is 0.816. The molecule has 2 atom stereocenters. The summed E-state index contributed by atoms with van der Waals surface area (Å²) < 4.78 is 0. The molecule has 2 rings (SSSR count). The number of aliphatic hydroxyl groups is 1. The van der Waals surface area contributed by atoms with Gasteiger partial charge in [-0.2, -0.15) is 0 Å². The van der Waals surface area contributed by atoms with Gasteiger partial charge in [0.2, 0.25) is 0 Å². The molecule has 1 heterocycles. The third-order valence-electron chi connectivity index (χ3n) is 4.04. The second-order valence-corrected chi connectivity index (χ2v) is 5.44. The van der Waals surface area contributed by atoms with E-state index in [0.717, 1.165) is 25.1 Å². The molecule has 1 fully saturated rings. The number of nitrogens with zero attached hydrogens (tertiary/aromatic N) is 1. The lowest BCUT2D eigenvalue weighted by Crippen LogP contribution is -2.32. The number of aromatic nitrogens is 1. The van der Waals surface area contributed by atoms with Crippen LogP contribution in [0.1, 0.15) is 41.9 Å². The Morgan fingerprint density at radius 1 is 1.30 bits per heavy atom. The summed E-state index contributed by atoms with van der Waals surface area (Å²) in [5, 5.41) is 21.6. The molecular formula is C15H22N2O3. The van der Waals surface area contributed by atoms with Gasteiger partial charge in [0.25, 0.3) is 0 Å². The van der Waals surface area contributed by atoms with E-state index in [-0.39, 0.29) is 12.3 Å². The molecule has 20 heavy (non-hydrogen) atoms. The average molecular weight is 278 g/mol. The zero-order valence-corrected chi connectivity index (χ0v) is 11.6. The van der Waals surface area contributed by atoms with Crippen molar-refractivity contribution in [3.63, 3.8) is 0 Å². The maximum atomic E-state index is 10.8. The molecule has 1 aromatic heterocycles. The van der Waals surface area contributed by atoms with Crippen LogP contribution in [0.2, 0.25) is 0 Å². The highest BCUT2D eigenvalue weighted by Crippen LogP contribution is 2.29. The third kappa shape index (κ3) is 4.02. The minimum Gasteiger partial charge on any atom is -0.477 e. The Morgan fingerprint density at radius 2 is 2.05 bits per heavy atom. The van der Waals surface area contributed by atoms with Gasteiger partial charge in [-0.25, -0.2) is 9.78 Å². The van der Waals surface area contributed by atoms with Crippen LogP contribution in [0.4, 0.5) is 0 Å². The van der Waals surface area contributed by atoms with E-state index in [1.807, 2.05) is 6.07 Å². The highest BCUT2D eigenvalue weighted by molar-refractivity contribution is 5.85. The van der Waals surface area contributed by atoms with E-state index in [1.54, 1.807) is 6.07 Å². The Labute approximate surface area is 119 Å². The van der Waals surface area contributed by atoms with Crippen LogP contribution in [0.5, 0.6) is 0 Å². The fourth-order valence-electron chi connectivity index (χ4n) is 2.88. The standard InChI is InChI=1S/C15H22N2O3/c18-10-12-5-2-1-4-11(12)8-16-9-13-6-3-7-14(17-13)15(19)20/h3,6-7,11-12,16,18H,1-2,4-5,8-10H2,(H,19,20). The molecule has 0 aliphatic heterocycles. The summed E-state index contributed by atoms with van der Waals surface area (Å²) >= 11 is 0. The first-order valence-corrected chi connectivity index (χ1v) is 7.21. The maximum absolute atomic E-state index is 10.8. The number of aromatic carboxylic acids is 1. The van der Waals surface area contributed by atoms with Crippen molar-refractivity contribution in [2.75, 3.05) is 13.2 Å². The number of carboxylic acids is 1. The number of carbonyl (C=O) groups is 1. The number of hydrogen-bond acceptors (Lipinski definition) is 4. The highest BCUT2D eigenvalue weighted by Gasteiger charge is 2.23. The smallest absolute Gasteiger partial charge is 0.354 e. The van der Waals surface area contributed by atoms with Crippen molar-refractivity contribution in [1.82, 2.24) is 10.3 Å². The SMILES string of the molecule is O=C(O)c1cccc(CNCC2CCCCC2CO)n1. The van der Waals surface area contributed by atoms with Crippen molar-refractivity contribution >= 4 is 5.97 Å². The Hall–Kier alpha value is -1.46. The summed E-state index contributed by atoms with van der Waals surface area (Å²) in [6.07, 6.45) is 4.70. The third-order valence-corrected chi connectivity index (χ3v) is 4.04. The van der Waals surface area contributed by atoms with Gasteiger partial charge in [0.05, 0.1) is 5.69 Å². The van der Waals surface area contributed by atoms with Gasteiger partial charge in [-0.1, -0.05) is 18.9 Å². The summed E-state index contributed by atoms with van der Waals surface area (Å²) in [6, 6.07) is 5.03. The predicted octanol–water partition coefficient (Wildman–Crippen LogP) is 1.67. The van der Waals surface area contributed by atoms with E-state index in [9.17, 15) is 9.90 Å². The van der Waals surface area contributed by atoms with Crippen LogP contribution < -0.4 is 5.32 Å². The summed E-state index contributed by atoms with van der Waals surface area (Å²) in [4.78, 5) is 14.9. The zero-order valence-electron chi connectivity index (χ0n) is 11.6. The average Bonchev–Trinajstić information content (AvgIpc) is 2.48. The fourth-order valence-corrected chi connectivity index (χ4v) is 2.88. The van der Waals surface area contributed by atoms with Gasteiger partial charge in [-0.05, 0) is 43.4 Å². The quantitative estimate of drug-likeness (QED) is 0.737. The molecule has 110 valence electrons. The van der Waals surface area contributed by atoms with Gasteiger partial charge in [0.15, 0.2) is 0 Å². The predicted molar refractivity (Wildman–Crippen MR) is 75.4 cm³/mol. The first kappa shape index (κ1) is 14.9. The van der Waals surface area contributed by atoms with Gasteiger partial charge >= 0.3 is 5.97 Å². The Balaban J connectivity index is 1.83. The number of nitrogens with one attached hydrogen (secondary N) is 1. The van der Waals surface area contributed by atoms with Gasteiger partial charge in [0.1, 0.15) is 5.69 Å². The molecule has 1 aliphatic rings. The molecule has 0 amide bonds. The van der Waals surface area contributed by atoms with Crippen molar-refractivity contribution < 1.29 is 15.0 Å². The van der Waals surface area contributed by atoms with E-state index in [1.165, 1.54) is 18.9 Å². The van der Waals surface area contributed by atoms with Crippen LogP contribution in [0.25, 0.3) is 0 Å². The van der Waals surface area contributed by atoms with Crippen LogP contribution in [-0.4, -0.2) is 34.3 Å². The summed E-state index contributed by atoms with van der Waals surface area (Å²) in [7, 11) is 0. The number of carboxylic acid groups (broad SMARTS) is 1. The van der Waals surface area contributed by atoms with Crippen LogP contribution in [0, 0.1) is 11.8 Å². The minimum absolute atomic E-state index is 0.0789. The van der Waals surface area contributed by atoms with E-state index in [4.69, 9.17) is 5.11 Å². The van der Waals surface area contributed by atoms with E-state index in [0.29, 0.717) is 18.4 Å². The first-order valence-electron chi connectivity index (χ1n) is 7.21. The first-order chi connectivity index (χ1) is 9.70. The van der Waals surface area contributed by atoms with Gasteiger partial charge < -0.3 is 15.5 Å². The molecule has 5 nitrogen and oxygen atoms in total. The lowest BCUT2D eigenvalue weighted by molar-refractivity contribution is 0.0690. The molecule has 0 saturated heterocycles. The number of aliphatic hydroxyl groups excluding tert-OH is 1. The topological polar surface area (TPSA) is 82.5 Å². The lowest BCUT2D eigenvalue weighted by Gasteiger charge is -2.30. The minimum atomic E-state index is -1.00. The van der Waals surface area contributed by atoms with Crippen LogP contribution in [0.15, 0.2) is 18.2 Å². The van der Waals surface area contributed by atoms with Crippen molar-refractivity contribution in [2.24, 2.45) is 11.8 Å². The summed E-state index contributed by atoms with van der Waals surface area (Å²) in [6.45, 7) is 1.68. The second-order valence-electron chi connectivity index (χ2n) is 5.44. The molecule has 0 aromatic carbocycles. The fraction of sp³-hybridized carbons (Fsp3) is 0.600. The normalized spacial score (nSPS) is 22.6. The van der Waals surface area contributed by atoms with Crippen LogP contribution in [0.3, 0.4) is 0 Å². The Kier molecular flexibility index (Phi) is 5.49. The molecule has 0 bridgehead atoms. The highest BCUT2D eigenvalue weighted by atomic mass is 16.4. The molecule has 0 spiro atoms. The van der Waals surface area contributed by atoms with Crippen molar-refractivity contribution in [3.05, 3.63) is 29.6 Å². The number of pyridine rings is 1. The van der Waals surface area contributed by atoms with E-state index in [2.05, 4.69) is 10.3 Å². The number of rotatable bonds is 6. The van der Waals surface area contributed by atoms with Crippen molar-refractivity contribution in [3.8, 4) is 0 Å². The molecule has 1 saturated carbocycles. The lowest BCUT2D eigenvalue weighted by atomic mass is 9.79.